The molecular weight excluding hydrogens is 200 g/mol. The van der Waals surface area contributed by atoms with E-state index >= 15 is 0 Å². The Hall–Kier alpha value is -1.02. The molecule has 1 unspecified atom stereocenters. The molecule has 16 heavy (non-hydrogen) atoms. The summed E-state index contributed by atoms with van der Waals surface area (Å²) in [6.07, 6.45) is 2.54. The van der Waals surface area contributed by atoms with Gasteiger partial charge in [0, 0.05) is 5.56 Å². The Morgan fingerprint density at radius 3 is 2.56 bits per heavy atom. The molecule has 0 saturated carbocycles. The Balaban J connectivity index is 3.01. The monoisotopic (exact) mass is 222 g/mol. The fourth-order valence-corrected chi connectivity index (χ4v) is 2.08. The van der Waals surface area contributed by atoms with Gasteiger partial charge in [-0.2, -0.15) is 0 Å². The maximum atomic E-state index is 10.2. The third-order valence-corrected chi connectivity index (χ3v) is 2.88. The lowest BCUT2D eigenvalue weighted by atomic mass is 9.96. The van der Waals surface area contributed by atoms with Crippen molar-refractivity contribution < 1.29 is 9.84 Å². The summed E-state index contributed by atoms with van der Waals surface area (Å²) in [6, 6.07) is 4.07. The van der Waals surface area contributed by atoms with Crippen LogP contribution >= 0.6 is 0 Å². The molecular formula is C14H22O2. The van der Waals surface area contributed by atoms with Crippen LogP contribution < -0.4 is 4.74 Å². The van der Waals surface area contributed by atoms with Crippen LogP contribution in [0.3, 0.4) is 0 Å². The molecule has 1 rings (SSSR count). The second kappa shape index (κ2) is 5.90. The Morgan fingerprint density at radius 2 is 2.00 bits per heavy atom. The van der Waals surface area contributed by atoms with Gasteiger partial charge in [0.25, 0.3) is 0 Å². The fraction of sp³-hybridized carbons (Fsp3) is 0.571. The van der Waals surface area contributed by atoms with E-state index in [1.54, 1.807) is 7.11 Å². The van der Waals surface area contributed by atoms with Crippen molar-refractivity contribution in [3.63, 3.8) is 0 Å². The van der Waals surface area contributed by atoms with Crippen LogP contribution in [-0.4, -0.2) is 12.2 Å². The average Bonchev–Trinajstić information content (AvgIpc) is 2.24. The summed E-state index contributed by atoms with van der Waals surface area (Å²) in [7, 11) is 1.66. The van der Waals surface area contributed by atoms with E-state index in [1.807, 2.05) is 19.9 Å². The molecule has 0 bridgehead atoms. The van der Waals surface area contributed by atoms with Crippen molar-refractivity contribution in [1.82, 2.24) is 0 Å². The normalized spacial score (nSPS) is 12.6. The predicted molar refractivity (Wildman–Crippen MR) is 67.0 cm³/mol. The van der Waals surface area contributed by atoms with Gasteiger partial charge >= 0.3 is 0 Å². The fourth-order valence-electron chi connectivity index (χ4n) is 2.08. The van der Waals surface area contributed by atoms with Gasteiger partial charge in [-0.15, -0.1) is 0 Å². The molecule has 0 amide bonds. The summed E-state index contributed by atoms with van der Waals surface area (Å²) in [4.78, 5) is 0. The minimum Gasteiger partial charge on any atom is -0.496 e. The first kappa shape index (κ1) is 13.0. The van der Waals surface area contributed by atoms with Crippen LogP contribution in [0, 0.1) is 13.8 Å². The first-order valence-corrected chi connectivity index (χ1v) is 5.93. The predicted octanol–water partition coefficient (Wildman–Crippen LogP) is 3.54. The Morgan fingerprint density at radius 1 is 1.31 bits per heavy atom. The van der Waals surface area contributed by atoms with Gasteiger partial charge in [0.05, 0.1) is 13.2 Å². The Bertz CT molecular complexity index is 345. The molecule has 0 aliphatic heterocycles. The van der Waals surface area contributed by atoms with Crippen molar-refractivity contribution in [2.24, 2.45) is 0 Å². The molecule has 0 fully saturated rings. The standard InChI is InChI=1S/C14H22O2/c1-5-6-7-12(15)14-11(3)8-10(2)9-13(14)16-4/h8-9,12,15H,5-7H2,1-4H3. The minimum atomic E-state index is -0.407. The van der Waals surface area contributed by atoms with E-state index in [4.69, 9.17) is 4.74 Å². The molecule has 0 aliphatic carbocycles. The van der Waals surface area contributed by atoms with Crippen molar-refractivity contribution in [2.45, 2.75) is 46.1 Å². The average molecular weight is 222 g/mol. The number of aliphatic hydroxyl groups is 1. The lowest BCUT2D eigenvalue weighted by molar-refractivity contribution is 0.159. The van der Waals surface area contributed by atoms with Crippen molar-refractivity contribution in [3.05, 3.63) is 28.8 Å². The van der Waals surface area contributed by atoms with Gasteiger partial charge < -0.3 is 9.84 Å². The van der Waals surface area contributed by atoms with E-state index in [1.165, 1.54) is 5.56 Å². The lowest BCUT2D eigenvalue weighted by Crippen LogP contribution is -2.04. The van der Waals surface area contributed by atoms with Crippen LogP contribution in [0.25, 0.3) is 0 Å². The highest BCUT2D eigenvalue weighted by Crippen LogP contribution is 2.32. The van der Waals surface area contributed by atoms with Crippen molar-refractivity contribution in [1.29, 1.82) is 0 Å². The van der Waals surface area contributed by atoms with E-state index in [9.17, 15) is 5.11 Å². The molecule has 0 aromatic heterocycles. The number of ether oxygens (including phenoxy) is 1. The number of aryl methyl sites for hydroxylation is 2. The summed E-state index contributed by atoms with van der Waals surface area (Å²) >= 11 is 0. The molecule has 2 nitrogen and oxygen atoms in total. The molecule has 1 atom stereocenters. The van der Waals surface area contributed by atoms with Gasteiger partial charge in [0.15, 0.2) is 0 Å². The highest BCUT2D eigenvalue weighted by Gasteiger charge is 2.15. The molecule has 0 heterocycles. The SMILES string of the molecule is CCCCC(O)c1c(C)cc(C)cc1OC. The zero-order valence-electron chi connectivity index (χ0n) is 10.7. The molecule has 0 radical (unpaired) electrons. The third-order valence-electron chi connectivity index (χ3n) is 2.88. The van der Waals surface area contributed by atoms with Crippen LogP contribution in [0.15, 0.2) is 12.1 Å². The van der Waals surface area contributed by atoms with Crippen LogP contribution in [-0.2, 0) is 0 Å². The largest absolute Gasteiger partial charge is 0.496 e. The van der Waals surface area contributed by atoms with E-state index in [0.29, 0.717) is 0 Å². The molecule has 1 aromatic carbocycles. The van der Waals surface area contributed by atoms with E-state index in [0.717, 1.165) is 36.1 Å². The number of rotatable bonds is 5. The second-order valence-corrected chi connectivity index (χ2v) is 4.36. The Kier molecular flexibility index (Phi) is 4.81. The van der Waals surface area contributed by atoms with Crippen LogP contribution in [0.1, 0.15) is 49.0 Å². The number of methoxy groups -OCH3 is 1. The van der Waals surface area contributed by atoms with E-state index in [2.05, 4.69) is 13.0 Å². The smallest absolute Gasteiger partial charge is 0.125 e. The maximum absolute atomic E-state index is 10.2. The zero-order valence-corrected chi connectivity index (χ0v) is 10.7. The van der Waals surface area contributed by atoms with Crippen molar-refractivity contribution in [2.75, 3.05) is 7.11 Å². The van der Waals surface area contributed by atoms with Crippen molar-refractivity contribution in [3.8, 4) is 5.75 Å². The molecule has 90 valence electrons. The molecule has 0 saturated heterocycles. The summed E-state index contributed by atoms with van der Waals surface area (Å²) in [6.45, 7) is 6.20. The molecule has 1 N–H and O–H groups in total. The molecule has 1 aromatic rings. The summed E-state index contributed by atoms with van der Waals surface area (Å²) < 4.78 is 5.35. The van der Waals surface area contributed by atoms with Crippen LogP contribution in [0.4, 0.5) is 0 Å². The zero-order chi connectivity index (χ0) is 12.1. The van der Waals surface area contributed by atoms with E-state index in [-0.39, 0.29) is 0 Å². The van der Waals surface area contributed by atoms with Gasteiger partial charge in [-0.05, 0) is 37.5 Å². The maximum Gasteiger partial charge on any atom is 0.125 e. The van der Waals surface area contributed by atoms with Gasteiger partial charge in [-0.25, -0.2) is 0 Å². The van der Waals surface area contributed by atoms with E-state index < -0.39 is 6.10 Å². The summed E-state index contributed by atoms with van der Waals surface area (Å²) in [5, 5.41) is 10.2. The van der Waals surface area contributed by atoms with Crippen LogP contribution in [0.2, 0.25) is 0 Å². The van der Waals surface area contributed by atoms with Gasteiger partial charge in [-0.1, -0.05) is 25.8 Å². The summed E-state index contributed by atoms with van der Waals surface area (Å²) in [5.74, 6) is 0.807. The quantitative estimate of drug-likeness (QED) is 0.825. The number of aliphatic hydroxyl groups excluding tert-OH is 1. The first-order valence-electron chi connectivity index (χ1n) is 5.93. The molecule has 0 aliphatic rings. The number of benzene rings is 1. The first-order chi connectivity index (χ1) is 7.60. The molecule has 2 heteroatoms. The highest BCUT2D eigenvalue weighted by molar-refractivity contribution is 5.44. The third kappa shape index (κ3) is 2.99. The minimum absolute atomic E-state index is 0.407. The van der Waals surface area contributed by atoms with Gasteiger partial charge in [-0.3, -0.25) is 0 Å². The molecule has 0 spiro atoms. The topological polar surface area (TPSA) is 29.5 Å². The Labute approximate surface area is 98.3 Å². The second-order valence-electron chi connectivity index (χ2n) is 4.36. The van der Waals surface area contributed by atoms with Crippen molar-refractivity contribution >= 4 is 0 Å². The van der Waals surface area contributed by atoms with Gasteiger partial charge in [0.2, 0.25) is 0 Å². The number of unbranched alkanes of at least 4 members (excludes halogenated alkanes) is 1. The number of hydrogen-bond acceptors (Lipinski definition) is 2. The summed E-state index contributed by atoms with van der Waals surface area (Å²) in [5.41, 5.74) is 3.22. The van der Waals surface area contributed by atoms with Crippen LogP contribution in [0.5, 0.6) is 5.75 Å². The lowest BCUT2D eigenvalue weighted by Gasteiger charge is -2.18. The number of hydrogen-bond donors (Lipinski definition) is 1. The highest BCUT2D eigenvalue weighted by atomic mass is 16.5. The van der Waals surface area contributed by atoms with Gasteiger partial charge in [0.1, 0.15) is 5.75 Å².